The SMILES string of the molecule is O=Cc1cc(O)ccc1C#CCCNC(=O)OCC1c2ccccc2-c2ccccc21. The van der Waals surface area contributed by atoms with Crippen LogP contribution in [0.25, 0.3) is 11.1 Å². The van der Waals surface area contributed by atoms with Gasteiger partial charge in [0.15, 0.2) is 6.29 Å². The summed E-state index contributed by atoms with van der Waals surface area (Å²) in [4.78, 5) is 23.2. The Morgan fingerprint density at radius 3 is 2.39 bits per heavy atom. The molecule has 0 bridgehead atoms. The number of hydrogen-bond donors (Lipinski definition) is 2. The lowest BCUT2D eigenvalue weighted by Crippen LogP contribution is -2.26. The molecular formula is C26H21NO4. The van der Waals surface area contributed by atoms with Crippen molar-refractivity contribution in [2.75, 3.05) is 13.2 Å². The molecule has 0 radical (unpaired) electrons. The second-order valence-electron chi connectivity index (χ2n) is 7.19. The van der Waals surface area contributed by atoms with E-state index in [2.05, 4.69) is 41.4 Å². The van der Waals surface area contributed by atoms with Crippen molar-refractivity contribution in [2.24, 2.45) is 0 Å². The van der Waals surface area contributed by atoms with E-state index in [-0.39, 0.29) is 18.3 Å². The number of nitrogens with one attached hydrogen (secondary N) is 1. The molecule has 0 heterocycles. The summed E-state index contributed by atoms with van der Waals surface area (Å²) in [6.45, 7) is 0.597. The molecule has 154 valence electrons. The van der Waals surface area contributed by atoms with Crippen molar-refractivity contribution in [3.63, 3.8) is 0 Å². The van der Waals surface area contributed by atoms with E-state index in [1.54, 1.807) is 6.07 Å². The minimum absolute atomic E-state index is 0.0181. The van der Waals surface area contributed by atoms with Gasteiger partial charge in [0, 0.05) is 30.0 Å². The maximum Gasteiger partial charge on any atom is 0.407 e. The Balaban J connectivity index is 1.30. The van der Waals surface area contributed by atoms with E-state index >= 15 is 0 Å². The number of amides is 1. The first-order chi connectivity index (χ1) is 15.2. The lowest BCUT2D eigenvalue weighted by Gasteiger charge is -2.14. The summed E-state index contributed by atoms with van der Waals surface area (Å²) in [5, 5.41) is 12.1. The van der Waals surface area contributed by atoms with Crippen LogP contribution in [-0.2, 0) is 4.74 Å². The molecular weight excluding hydrogens is 390 g/mol. The molecule has 31 heavy (non-hydrogen) atoms. The Bertz CT molecular complexity index is 1140. The lowest BCUT2D eigenvalue weighted by molar-refractivity contribution is 0.112. The minimum Gasteiger partial charge on any atom is -0.508 e. The number of benzene rings is 3. The molecule has 1 aliphatic rings. The Morgan fingerprint density at radius 2 is 1.71 bits per heavy atom. The smallest absolute Gasteiger partial charge is 0.407 e. The molecule has 3 aromatic carbocycles. The molecule has 1 amide bonds. The number of hydrogen-bond acceptors (Lipinski definition) is 4. The Kier molecular flexibility index (Phi) is 6.00. The van der Waals surface area contributed by atoms with E-state index in [0.29, 0.717) is 30.4 Å². The number of ether oxygens (including phenoxy) is 1. The third kappa shape index (κ3) is 4.44. The molecule has 0 spiro atoms. The van der Waals surface area contributed by atoms with Gasteiger partial charge in [-0.15, -0.1) is 0 Å². The summed E-state index contributed by atoms with van der Waals surface area (Å²) in [5.74, 6) is 5.83. The molecule has 0 aliphatic heterocycles. The first-order valence-corrected chi connectivity index (χ1v) is 10.0. The van der Waals surface area contributed by atoms with Crippen LogP contribution in [0.15, 0.2) is 66.7 Å². The van der Waals surface area contributed by atoms with E-state index in [1.165, 1.54) is 34.4 Å². The van der Waals surface area contributed by atoms with Gasteiger partial charge in [0.05, 0.1) is 0 Å². The van der Waals surface area contributed by atoms with Gasteiger partial charge in [-0.1, -0.05) is 60.4 Å². The number of phenols is 1. The summed E-state index contributed by atoms with van der Waals surface area (Å²) in [7, 11) is 0. The number of fused-ring (bicyclic) bond motifs is 3. The third-order valence-corrected chi connectivity index (χ3v) is 5.25. The predicted molar refractivity (Wildman–Crippen MR) is 118 cm³/mol. The maximum atomic E-state index is 12.1. The van der Waals surface area contributed by atoms with Crippen molar-refractivity contribution < 1.29 is 19.4 Å². The van der Waals surface area contributed by atoms with Crippen LogP contribution in [0.1, 0.15) is 39.4 Å². The Hall–Kier alpha value is -4.04. The number of carbonyl (C=O) groups is 2. The highest BCUT2D eigenvalue weighted by molar-refractivity contribution is 5.80. The Labute approximate surface area is 180 Å². The fourth-order valence-corrected chi connectivity index (χ4v) is 3.80. The average molecular weight is 411 g/mol. The van der Waals surface area contributed by atoms with E-state index in [1.807, 2.05) is 24.3 Å². The number of rotatable bonds is 5. The van der Waals surface area contributed by atoms with Crippen LogP contribution in [-0.4, -0.2) is 30.6 Å². The highest BCUT2D eigenvalue weighted by Crippen LogP contribution is 2.44. The molecule has 0 saturated heterocycles. The van der Waals surface area contributed by atoms with Gasteiger partial charge < -0.3 is 15.2 Å². The van der Waals surface area contributed by atoms with E-state index in [9.17, 15) is 14.7 Å². The van der Waals surface area contributed by atoms with Crippen molar-refractivity contribution in [2.45, 2.75) is 12.3 Å². The van der Waals surface area contributed by atoms with Gasteiger partial charge >= 0.3 is 6.09 Å². The van der Waals surface area contributed by atoms with E-state index in [0.717, 1.165) is 0 Å². The summed E-state index contributed by atoms with van der Waals surface area (Å²) in [6, 6.07) is 20.8. The zero-order chi connectivity index (χ0) is 21.6. The first-order valence-electron chi connectivity index (χ1n) is 10.0. The highest BCUT2D eigenvalue weighted by Gasteiger charge is 2.28. The van der Waals surface area contributed by atoms with Crippen LogP contribution >= 0.6 is 0 Å². The summed E-state index contributed by atoms with van der Waals surface area (Å²) >= 11 is 0. The van der Waals surface area contributed by atoms with Gasteiger partial charge in [0.25, 0.3) is 0 Å². The van der Waals surface area contributed by atoms with Crippen LogP contribution in [0.4, 0.5) is 4.79 Å². The molecule has 5 nitrogen and oxygen atoms in total. The van der Waals surface area contributed by atoms with Gasteiger partial charge in [0.1, 0.15) is 12.4 Å². The number of carbonyl (C=O) groups excluding carboxylic acids is 2. The normalized spacial score (nSPS) is 11.6. The largest absolute Gasteiger partial charge is 0.508 e. The van der Waals surface area contributed by atoms with Gasteiger partial charge in [-0.25, -0.2) is 4.79 Å². The fraction of sp³-hybridized carbons (Fsp3) is 0.154. The van der Waals surface area contributed by atoms with E-state index in [4.69, 9.17) is 4.74 Å². The van der Waals surface area contributed by atoms with Crippen LogP contribution < -0.4 is 5.32 Å². The summed E-state index contributed by atoms with van der Waals surface area (Å²) < 4.78 is 5.48. The molecule has 0 fully saturated rings. The lowest BCUT2D eigenvalue weighted by atomic mass is 9.98. The standard InChI is InChI=1S/C26H21NO4/c28-16-19-15-20(29)13-12-18(19)7-5-6-14-27-26(30)31-17-25-23-10-3-1-8-21(23)22-9-2-4-11-24(22)25/h1-4,8-13,15-16,25,29H,6,14,17H2,(H,27,30). The minimum atomic E-state index is -0.484. The number of aromatic hydroxyl groups is 1. The maximum absolute atomic E-state index is 12.1. The molecule has 0 aromatic heterocycles. The summed E-state index contributed by atoms with van der Waals surface area (Å²) in [5.41, 5.74) is 5.58. The molecule has 3 aromatic rings. The second-order valence-corrected chi connectivity index (χ2v) is 7.19. The van der Waals surface area contributed by atoms with Gasteiger partial charge in [-0.05, 0) is 40.5 Å². The zero-order valence-electron chi connectivity index (χ0n) is 16.8. The molecule has 4 rings (SSSR count). The van der Waals surface area contributed by atoms with Crippen molar-refractivity contribution >= 4 is 12.4 Å². The fourth-order valence-electron chi connectivity index (χ4n) is 3.80. The molecule has 0 unspecified atom stereocenters. The monoisotopic (exact) mass is 411 g/mol. The summed E-state index contributed by atoms with van der Waals surface area (Å²) in [6.07, 6.45) is 0.573. The number of phenolic OH excluding ortho intramolecular Hbond substituents is 1. The average Bonchev–Trinajstić information content (AvgIpc) is 3.12. The highest BCUT2D eigenvalue weighted by atomic mass is 16.5. The van der Waals surface area contributed by atoms with Gasteiger partial charge in [-0.2, -0.15) is 0 Å². The van der Waals surface area contributed by atoms with Crippen molar-refractivity contribution in [1.29, 1.82) is 0 Å². The number of alkyl carbamates (subject to hydrolysis) is 1. The van der Waals surface area contributed by atoms with Crippen LogP contribution in [0.5, 0.6) is 5.75 Å². The van der Waals surface area contributed by atoms with Crippen LogP contribution in [0, 0.1) is 11.8 Å². The Morgan fingerprint density at radius 1 is 1.03 bits per heavy atom. The second kappa shape index (κ2) is 9.19. The zero-order valence-corrected chi connectivity index (χ0v) is 16.8. The topological polar surface area (TPSA) is 75.6 Å². The number of aldehydes is 1. The van der Waals surface area contributed by atoms with Crippen LogP contribution in [0.3, 0.4) is 0 Å². The van der Waals surface area contributed by atoms with E-state index < -0.39 is 6.09 Å². The van der Waals surface area contributed by atoms with Crippen molar-refractivity contribution in [1.82, 2.24) is 5.32 Å². The molecule has 1 aliphatic carbocycles. The molecule has 2 N–H and O–H groups in total. The third-order valence-electron chi connectivity index (χ3n) is 5.25. The first kappa shape index (κ1) is 20.2. The molecule has 5 heteroatoms. The van der Waals surface area contributed by atoms with Crippen molar-refractivity contribution in [3.05, 3.63) is 89.0 Å². The van der Waals surface area contributed by atoms with Crippen LogP contribution in [0.2, 0.25) is 0 Å². The predicted octanol–water partition coefficient (Wildman–Crippen LogP) is 4.49. The van der Waals surface area contributed by atoms with Gasteiger partial charge in [-0.3, -0.25) is 4.79 Å². The quantitative estimate of drug-likeness (QED) is 0.369. The van der Waals surface area contributed by atoms with Crippen molar-refractivity contribution in [3.8, 4) is 28.7 Å². The van der Waals surface area contributed by atoms with Gasteiger partial charge in [0.2, 0.25) is 0 Å². The molecule has 0 saturated carbocycles. The molecule has 0 atom stereocenters.